The Morgan fingerprint density at radius 3 is 2.67 bits per heavy atom. The van der Waals surface area contributed by atoms with E-state index in [2.05, 4.69) is 5.32 Å². The van der Waals surface area contributed by atoms with E-state index in [1.807, 2.05) is 0 Å². The smallest absolute Gasteiger partial charge is 0.152 e. The summed E-state index contributed by atoms with van der Waals surface area (Å²) in [6.07, 6.45) is -0.0822. The molecule has 2 atom stereocenters. The van der Waals surface area contributed by atoms with Crippen LogP contribution in [0.25, 0.3) is 0 Å². The lowest BCUT2D eigenvalue weighted by atomic mass is 9.95. The number of sulfone groups is 1. The van der Waals surface area contributed by atoms with Crippen molar-refractivity contribution in [1.82, 2.24) is 5.32 Å². The quantitative estimate of drug-likeness (QED) is 0.583. The molecule has 2 unspecified atom stereocenters. The average Bonchev–Trinajstić information content (AvgIpc) is 2.43. The van der Waals surface area contributed by atoms with Crippen molar-refractivity contribution in [3.05, 3.63) is 0 Å². The maximum absolute atomic E-state index is 13.3. The minimum atomic E-state index is -2.97. The van der Waals surface area contributed by atoms with Crippen LogP contribution in [-0.2, 0) is 9.84 Å². The maximum atomic E-state index is 13.3. The zero-order valence-electron chi connectivity index (χ0n) is 6.72. The molecule has 2 heterocycles. The Kier molecular flexibility index (Phi) is 1.70. The summed E-state index contributed by atoms with van der Waals surface area (Å²) in [6.45, 7) is 0.608. The molecule has 1 spiro atoms. The Hall–Kier alpha value is -0.160. The number of halogens is 1. The molecule has 0 aliphatic carbocycles. The molecule has 5 heteroatoms. The summed E-state index contributed by atoms with van der Waals surface area (Å²) in [6, 6.07) is 0. The van der Waals surface area contributed by atoms with Crippen molar-refractivity contribution in [3.8, 4) is 0 Å². The first-order valence-electron chi connectivity index (χ1n) is 4.14. The van der Waals surface area contributed by atoms with Gasteiger partial charge in [0.25, 0.3) is 0 Å². The van der Waals surface area contributed by atoms with Crippen LogP contribution in [0.4, 0.5) is 4.39 Å². The number of nitrogens with one attached hydrogen (secondary N) is 1. The van der Waals surface area contributed by atoms with E-state index in [0.29, 0.717) is 19.4 Å². The second-order valence-corrected chi connectivity index (χ2v) is 5.87. The van der Waals surface area contributed by atoms with Crippen LogP contribution in [0, 0.1) is 0 Å². The largest absolute Gasteiger partial charge is 0.308 e. The second-order valence-electron chi connectivity index (χ2n) is 3.68. The average molecular weight is 193 g/mol. The highest BCUT2D eigenvalue weighted by atomic mass is 32.2. The molecule has 12 heavy (non-hydrogen) atoms. The molecule has 2 rings (SSSR count). The summed E-state index contributed by atoms with van der Waals surface area (Å²) in [5, 5.41) is 2.98. The highest BCUT2D eigenvalue weighted by Gasteiger charge is 2.50. The minimum Gasteiger partial charge on any atom is -0.308 e. The molecular weight excluding hydrogens is 181 g/mol. The standard InChI is InChI=1S/C7H12FNO2S/c8-6-1-3-9-7(6)2-4-12(10,11)5-7/h6,9H,1-5H2. The number of hydrogen-bond donors (Lipinski definition) is 1. The number of rotatable bonds is 0. The number of hydrogen-bond acceptors (Lipinski definition) is 3. The van der Waals surface area contributed by atoms with E-state index in [1.54, 1.807) is 0 Å². The molecular formula is C7H12FNO2S. The molecule has 2 saturated heterocycles. The van der Waals surface area contributed by atoms with E-state index in [9.17, 15) is 12.8 Å². The van der Waals surface area contributed by atoms with Gasteiger partial charge in [0, 0.05) is 0 Å². The first-order chi connectivity index (χ1) is 5.54. The summed E-state index contributed by atoms with van der Waals surface area (Å²) < 4.78 is 35.6. The topological polar surface area (TPSA) is 46.2 Å². The Bertz CT molecular complexity index is 290. The highest BCUT2D eigenvalue weighted by molar-refractivity contribution is 7.91. The monoisotopic (exact) mass is 193 g/mol. The normalized spacial score (nSPS) is 45.6. The van der Waals surface area contributed by atoms with Gasteiger partial charge in [-0.25, -0.2) is 12.8 Å². The molecule has 2 aliphatic rings. The summed E-state index contributed by atoms with van der Waals surface area (Å²) in [5.74, 6) is 0.127. The highest BCUT2D eigenvalue weighted by Crippen LogP contribution is 2.33. The Balaban J connectivity index is 2.25. The first-order valence-corrected chi connectivity index (χ1v) is 5.96. The van der Waals surface area contributed by atoms with Crippen LogP contribution in [0.1, 0.15) is 12.8 Å². The van der Waals surface area contributed by atoms with E-state index in [0.717, 1.165) is 0 Å². The van der Waals surface area contributed by atoms with Crippen LogP contribution in [-0.4, -0.2) is 38.2 Å². The summed E-state index contributed by atoms with van der Waals surface area (Å²) in [7, 11) is -2.97. The molecule has 0 aromatic carbocycles. The summed E-state index contributed by atoms with van der Waals surface area (Å²) >= 11 is 0. The van der Waals surface area contributed by atoms with Gasteiger partial charge in [-0.3, -0.25) is 0 Å². The van der Waals surface area contributed by atoms with Gasteiger partial charge in [-0.05, 0) is 19.4 Å². The van der Waals surface area contributed by atoms with Crippen molar-refractivity contribution in [2.75, 3.05) is 18.1 Å². The third-order valence-corrected chi connectivity index (χ3v) is 4.59. The van der Waals surface area contributed by atoms with Gasteiger partial charge in [0.15, 0.2) is 9.84 Å². The second kappa shape index (κ2) is 2.42. The predicted octanol–water partition coefficient (Wildman–Crippen LogP) is -0.125. The van der Waals surface area contributed by atoms with Crippen LogP contribution in [0.3, 0.4) is 0 Å². The Morgan fingerprint density at radius 2 is 2.25 bits per heavy atom. The molecule has 0 saturated carbocycles. The molecule has 0 amide bonds. The van der Waals surface area contributed by atoms with Crippen molar-refractivity contribution >= 4 is 9.84 Å². The van der Waals surface area contributed by atoms with Crippen LogP contribution in [0.15, 0.2) is 0 Å². The molecule has 2 fully saturated rings. The Labute approximate surface area is 71.3 Å². The summed E-state index contributed by atoms with van der Waals surface area (Å²) in [5.41, 5.74) is -0.723. The van der Waals surface area contributed by atoms with E-state index in [-0.39, 0.29) is 11.5 Å². The van der Waals surface area contributed by atoms with Crippen molar-refractivity contribution in [2.24, 2.45) is 0 Å². The van der Waals surface area contributed by atoms with E-state index in [4.69, 9.17) is 0 Å². The van der Waals surface area contributed by atoms with Crippen LogP contribution in [0.2, 0.25) is 0 Å². The van der Waals surface area contributed by atoms with Gasteiger partial charge in [0.1, 0.15) is 6.17 Å². The van der Waals surface area contributed by atoms with Gasteiger partial charge < -0.3 is 5.32 Å². The van der Waals surface area contributed by atoms with E-state index < -0.39 is 21.5 Å². The molecule has 0 bridgehead atoms. The van der Waals surface area contributed by atoms with Crippen LogP contribution < -0.4 is 5.32 Å². The molecule has 0 aromatic rings. The van der Waals surface area contributed by atoms with Crippen molar-refractivity contribution < 1.29 is 12.8 Å². The van der Waals surface area contributed by atoms with Crippen molar-refractivity contribution in [2.45, 2.75) is 24.6 Å². The van der Waals surface area contributed by atoms with Gasteiger partial charge >= 0.3 is 0 Å². The SMILES string of the molecule is O=S1(=O)CCC2(C1)NCCC2F. The molecule has 0 aromatic heterocycles. The predicted molar refractivity (Wildman–Crippen MR) is 43.5 cm³/mol. The lowest BCUT2D eigenvalue weighted by Gasteiger charge is -2.23. The third kappa shape index (κ3) is 1.15. The number of alkyl halides is 1. The molecule has 2 aliphatic heterocycles. The van der Waals surface area contributed by atoms with E-state index >= 15 is 0 Å². The molecule has 0 radical (unpaired) electrons. The third-order valence-electron chi connectivity index (χ3n) is 2.81. The van der Waals surface area contributed by atoms with E-state index in [1.165, 1.54) is 0 Å². The molecule has 1 N–H and O–H groups in total. The molecule has 70 valence electrons. The zero-order chi connectivity index (χ0) is 8.82. The Morgan fingerprint density at radius 1 is 1.50 bits per heavy atom. The van der Waals surface area contributed by atoms with Crippen molar-refractivity contribution in [3.63, 3.8) is 0 Å². The van der Waals surface area contributed by atoms with Gasteiger partial charge in [0.05, 0.1) is 17.0 Å². The fourth-order valence-corrected chi connectivity index (χ4v) is 4.13. The fraction of sp³-hybridized carbons (Fsp3) is 1.00. The zero-order valence-corrected chi connectivity index (χ0v) is 7.53. The molecule has 3 nitrogen and oxygen atoms in total. The maximum Gasteiger partial charge on any atom is 0.152 e. The first kappa shape index (κ1) is 8.44. The van der Waals surface area contributed by atoms with Gasteiger partial charge in [-0.1, -0.05) is 0 Å². The fourth-order valence-electron chi connectivity index (χ4n) is 2.10. The lowest BCUT2D eigenvalue weighted by molar-refractivity contribution is 0.223. The summed E-state index contributed by atoms with van der Waals surface area (Å²) in [4.78, 5) is 0. The minimum absolute atomic E-state index is 0.0127. The van der Waals surface area contributed by atoms with Crippen LogP contribution in [0.5, 0.6) is 0 Å². The van der Waals surface area contributed by atoms with Crippen LogP contribution >= 0.6 is 0 Å². The van der Waals surface area contributed by atoms with Gasteiger partial charge in [0.2, 0.25) is 0 Å². The lowest BCUT2D eigenvalue weighted by Crippen LogP contribution is -2.47. The van der Waals surface area contributed by atoms with Gasteiger partial charge in [-0.2, -0.15) is 0 Å². The van der Waals surface area contributed by atoms with Crippen molar-refractivity contribution in [1.29, 1.82) is 0 Å². The van der Waals surface area contributed by atoms with Gasteiger partial charge in [-0.15, -0.1) is 0 Å².